The third-order valence-electron chi connectivity index (χ3n) is 3.86. The van der Waals surface area contributed by atoms with Gasteiger partial charge in [0, 0.05) is 19.2 Å². The molecular weight excluding hydrogens is 306 g/mol. The molecule has 1 aliphatic rings. The third-order valence-corrected chi connectivity index (χ3v) is 3.86. The number of carboxylic acids is 1. The van der Waals surface area contributed by atoms with Crippen molar-refractivity contribution in [3.05, 3.63) is 23.9 Å². The number of nitrogens with two attached hydrogens (primary N) is 1. The van der Waals surface area contributed by atoms with Gasteiger partial charge in [0.25, 0.3) is 0 Å². The monoisotopic (exact) mass is 323 g/mol. The molecule has 0 radical (unpaired) electrons. The zero-order chi connectivity index (χ0) is 15.0. The molecule has 1 fully saturated rings. The van der Waals surface area contributed by atoms with Crippen LogP contribution in [0.3, 0.4) is 0 Å². The van der Waals surface area contributed by atoms with Crippen molar-refractivity contribution in [1.29, 1.82) is 0 Å². The van der Waals surface area contributed by atoms with Crippen molar-refractivity contribution in [3.63, 3.8) is 0 Å². The van der Waals surface area contributed by atoms with Crippen LogP contribution in [-0.2, 0) is 0 Å². The van der Waals surface area contributed by atoms with Crippen molar-refractivity contribution < 1.29 is 15.0 Å². The average Bonchev–Trinajstić information content (AvgIpc) is 2.49. The number of nitrogen functional groups attached to an aromatic ring is 1. The molecule has 2 aromatic rings. The molecule has 0 atom stereocenters. The molecular formula is C15H18ClN3O3. The summed E-state index contributed by atoms with van der Waals surface area (Å²) in [5, 5.41) is 19.8. The highest BCUT2D eigenvalue weighted by atomic mass is 35.5. The number of hydrogen-bond acceptors (Lipinski definition) is 5. The van der Waals surface area contributed by atoms with Crippen LogP contribution in [0.4, 0.5) is 11.4 Å². The van der Waals surface area contributed by atoms with Crippen LogP contribution in [-0.4, -0.2) is 34.3 Å². The van der Waals surface area contributed by atoms with Gasteiger partial charge in [0.1, 0.15) is 5.75 Å². The predicted molar refractivity (Wildman–Crippen MR) is 88.1 cm³/mol. The first-order chi connectivity index (χ1) is 10.1. The molecule has 4 N–H and O–H groups in total. The number of halogens is 1. The number of pyridine rings is 1. The Morgan fingerprint density at radius 1 is 1.23 bits per heavy atom. The number of aromatic nitrogens is 1. The summed E-state index contributed by atoms with van der Waals surface area (Å²) < 4.78 is 0. The molecule has 0 saturated carbocycles. The number of fused-ring (bicyclic) bond motifs is 1. The lowest BCUT2D eigenvalue weighted by Gasteiger charge is -2.30. The molecule has 6 nitrogen and oxygen atoms in total. The second-order valence-electron chi connectivity index (χ2n) is 5.28. The Labute approximate surface area is 134 Å². The molecule has 0 aliphatic carbocycles. The summed E-state index contributed by atoms with van der Waals surface area (Å²) in [7, 11) is 0. The number of carboxylic acid groups (broad SMARTS) is 1. The predicted octanol–water partition coefficient (Wildman–Crippen LogP) is 2.63. The molecule has 1 aliphatic heterocycles. The fraction of sp³-hybridized carbons (Fsp3) is 0.333. The molecule has 118 valence electrons. The lowest BCUT2D eigenvalue weighted by atomic mass is 10.1. The molecule has 0 bridgehead atoms. The summed E-state index contributed by atoms with van der Waals surface area (Å²) in [6.07, 6.45) is 3.41. The van der Waals surface area contributed by atoms with Gasteiger partial charge in [0.05, 0.1) is 22.3 Å². The summed E-state index contributed by atoms with van der Waals surface area (Å²) >= 11 is 0. The minimum atomic E-state index is -1.19. The SMILES string of the molecule is Cl.Nc1ccc(N2CCCCC2)c2c(O)cc(C(=O)O)nc12. The first-order valence-electron chi connectivity index (χ1n) is 6.98. The maximum Gasteiger partial charge on any atom is 0.354 e. The Kier molecular flexibility index (Phi) is 4.61. The van der Waals surface area contributed by atoms with E-state index in [-0.39, 0.29) is 23.9 Å². The Morgan fingerprint density at radius 2 is 1.91 bits per heavy atom. The molecule has 0 amide bonds. The van der Waals surface area contributed by atoms with Gasteiger partial charge in [-0.05, 0) is 31.4 Å². The molecule has 7 heteroatoms. The summed E-state index contributed by atoms with van der Waals surface area (Å²) in [5.41, 5.74) is 7.27. The van der Waals surface area contributed by atoms with Crippen molar-refractivity contribution in [2.45, 2.75) is 19.3 Å². The summed E-state index contributed by atoms with van der Waals surface area (Å²) in [5.74, 6) is -1.28. The van der Waals surface area contributed by atoms with E-state index in [0.717, 1.165) is 31.6 Å². The van der Waals surface area contributed by atoms with Crippen molar-refractivity contribution >= 4 is 40.7 Å². The van der Waals surface area contributed by atoms with Crippen molar-refractivity contribution in [1.82, 2.24) is 4.98 Å². The van der Waals surface area contributed by atoms with E-state index in [2.05, 4.69) is 9.88 Å². The maximum absolute atomic E-state index is 11.1. The number of nitrogens with zero attached hydrogens (tertiary/aromatic N) is 2. The lowest BCUT2D eigenvalue weighted by molar-refractivity contribution is 0.0690. The average molecular weight is 324 g/mol. The molecule has 2 heterocycles. The summed E-state index contributed by atoms with van der Waals surface area (Å²) in [4.78, 5) is 17.3. The number of hydrogen-bond donors (Lipinski definition) is 3. The third kappa shape index (κ3) is 2.74. The molecule has 1 saturated heterocycles. The molecule has 1 aromatic heterocycles. The highest BCUT2D eigenvalue weighted by Crippen LogP contribution is 2.37. The van der Waals surface area contributed by atoms with Gasteiger partial charge in [-0.3, -0.25) is 0 Å². The number of benzene rings is 1. The van der Waals surface area contributed by atoms with Crippen LogP contribution in [0.2, 0.25) is 0 Å². The maximum atomic E-state index is 11.1. The standard InChI is InChI=1S/C15H17N3O3.ClH/c16-9-4-5-11(18-6-2-1-3-7-18)13-12(19)8-10(15(20)21)17-14(9)13;/h4-5,8H,1-3,6-7,16H2,(H,17,19)(H,20,21);1H. The molecule has 1 aromatic carbocycles. The van der Waals surface area contributed by atoms with Crippen LogP contribution in [0.15, 0.2) is 18.2 Å². The van der Waals surface area contributed by atoms with Crippen molar-refractivity contribution in [2.24, 2.45) is 0 Å². The largest absolute Gasteiger partial charge is 0.507 e. The van der Waals surface area contributed by atoms with Gasteiger partial charge < -0.3 is 20.8 Å². The normalized spacial score (nSPS) is 14.6. The van der Waals surface area contributed by atoms with Crippen molar-refractivity contribution in [3.8, 4) is 5.75 Å². The fourth-order valence-electron chi connectivity index (χ4n) is 2.83. The van der Waals surface area contributed by atoms with E-state index in [4.69, 9.17) is 10.8 Å². The number of carbonyl (C=O) groups is 1. The Hall–Kier alpha value is -2.21. The fourth-order valence-corrected chi connectivity index (χ4v) is 2.83. The highest BCUT2D eigenvalue weighted by molar-refractivity contribution is 6.04. The van der Waals surface area contributed by atoms with E-state index in [9.17, 15) is 9.90 Å². The second-order valence-corrected chi connectivity index (χ2v) is 5.28. The van der Waals surface area contributed by atoms with Gasteiger partial charge in [-0.15, -0.1) is 12.4 Å². The zero-order valence-electron chi connectivity index (χ0n) is 12.0. The molecule has 22 heavy (non-hydrogen) atoms. The smallest absolute Gasteiger partial charge is 0.354 e. The van der Waals surface area contributed by atoms with E-state index < -0.39 is 5.97 Å². The van der Waals surface area contributed by atoms with Crippen LogP contribution in [0.5, 0.6) is 5.75 Å². The van der Waals surface area contributed by atoms with Crippen LogP contribution in [0.25, 0.3) is 10.9 Å². The first-order valence-corrected chi connectivity index (χ1v) is 6.98. The molecule has 0 unspecified atom stereocenters. The van der Waals surface area contributed by atoms with E-state index in [0.29, 0.717) is 16.6 Å². The minimum absolute atomic E-state index is 0. The number of aromatic hydroxyl groups is 1. The van der Waals surface area contributed by atoms with Crippen LogP contribution < -0.4 is 10.6 Å². The first kappa shape index (κ1) is 16.2. The van der Waals surface area contributed by atoms with E-state index in [1.54, 1.807) is 6.07 Å². The summed E-state index contributed by atoms with van der Waals surface area (Å²) in [6.45, 7) is 1.83. The van der Waals surface area contributed by atoms with Crippen LogP contribution >= 0.6 is 12.4 Å². The Bertz CT molecular complexity index is 715. The van der Waals surface area contributed by atoms with E-state index >= 15 is 0 Å². The number of rotatable bonds is 2. The van der Waals surface area contributed by atoms with E-state index in [1.165, 1.54) is 12.5 Å². The van der Waals surface area contributed by atoms with Gasteiger partial charge in [-0.1, -0.05) is 0 Å². The number of aromatic carboxylic acids is 1. The quantitative estimate of drug-likeness (QED) is 0.735. The minimum Gasteiger partial charge on any atom is -0.507 e. The topological polar surface area (TPSA) is 99.7 Å². The van der Waals surface area contributed by atoms with Gasteiger partial charge in [0.2, 0.25) is 0 Å². The van der Waals surface area contributed by atoms with Gasteiger partial charge in [0.15, 0.2) is 5.69 Å². The lowest BCUT2D eigenvalue weighted by Crippen LogP contribution is -2.29. The second kappa shape index (κ2) is 6.27. The van der Waals surface area contributed by atoms with Crippen molar-refractivity contribution in [2.75, 3.05) is 23.7 Å². The zero-order valence-corrected chi connectivity index (χ0v) is 12.8. The van der Waals surface area contributed by atoms with Gasteiger partial charge >= 0.3 is 5.97 Å². The van der Waals surface area contributed by atoms with Crippen LogP contribution in [0, 0.1) is 0 Å². The molecule has 3 rings (SSSR count). The summed E-state index contributed by atoms with van der Waals surface area (Å²) in [6, 6.07) is 4.76. The van der Waals surface area contributed by atoms with Gasteiger partial charge in [-0.25, -0.2) is 9.78 Å². The Balaban J connectivity index is 0.00000176. The highest BCUT2D eigenvalue weighted by Gasteiger charge is 2.19. The Morgan fingerprint density at radius 3 is 2.55 bits per heavy atom. The number of piperidine rings is 1. The molecule has 0 spiro atoms. The van der Waals surface area contributed by atoms with Crippen LogP contribution in [0.1, 0.15) is 29.8 Å². The van der Waals surface area contributed by atoms with Gasteiger partial charge in [-0.2, -0.15) is 0 Å². The van der Waals surface area contributed by atoms with E-state index in [1.807, 2.05) is 6.07 Å². The number of anilines is 2.